The van der Waals surface area contributed by atoms with Gasteiger partial charge in [-0.25, -0.2) is 0 Å². The van der Waals surface area contributed by atoms with Gasteiger partial charge in [-0.15, -0.1) is 0 Å². The van der Waals surface area contributed by atoms with Gasteiger partial charge in [0.05, 0.1) is 5.54 Å². The molecule has 0 saturated heterocycles. The van der Waals surface area contributed by atoms with Crippen LogP contribution < -0.4 is 4.90 Å². The zero-order chi connectivity index (χ0) is 38.5. The van der Waals surface area contributed by atoms with Crippen LogP contribution in [0, 0.1) is 13.8 Å². The monoisotopic (exact) mass is 733 g/mol. The van der Waals surface area contributed by atoms with Crippen molar-refractivity contribution in [1.29, 1.82) is 0 Å². The molecule has 0 spiro atoms. The van der Waals surface area contributed by atoms with Crippen LogP contribution in [0.15, 0.2) is 164 Å². The lowest BCUT2D eigenvalue weighted by atomic mass is 9.60. The van der Waals surface area contributed by atoms with Crippen LogP contribution in [0.3, 0.4) is 0 Å². The number of nitrogens with zero attached hydrogens (tertiary/aromatic N) is 1. The molecule has 1 heterocycles. The summed E-state index contributed by atoms with van der Waals surface area (Å²) in [5, 5.41) is 7.94. The van der Waals surface area contributed by atoms with Crippen LogP contribution in [0.1, 0.15) is 56.2 Å². The molecule has 276 valence electrons. The van der Waals surface area contributed by atoms with Gasteiger partial charge in [-0.1, -0.05) is 153 Å². The number of hydrogen-bond acceptors (Lipinski definition) is 1. The zero-order valence-corrected chi connectivity index (χ0v) is 33.4. The first-order valence-electron chi connectivity index (χ1n) is 20.8. The highest BCUT2D eigenvalue weighted by atomic mass is 15.3. The van der Waals surface area contributed by atoms with Crippen LogP contribution >= 0.6 is 0 Å². The molecule has 11 rings (SSSR count). The third-order valence-electron chi connectivity index (χ3n) is 14.3. The quantitative estimate of drug-likeness (QED) is 0.159. The molecule has 1 fully saturated rings. The Hall–Kier alpha value is -6.18. The van der Waals surface area contributed by atoms with Crippen molar-refractivity contribution in [2.24, 2.45) is 0 Å². The summed E-state index contributed by atoms with van der Waals surface area (Å²) in [5.41, 5.74) is 17.3. The lowest BCUT2D eigenvalue weighted by molar-refractivity contribution is 0.194. The van der Waals surface area contributed by atoms with E-state index < -0.39 is 0 Å². The molecule has 0 radical (unpaired) electrons. The minimum Gasteiger partial charge on any atom is -0.334 e. The second kappa shape index (κ2) is 12.7. The summed E-state index contributed by atoms with van der Waals surface area (Å²) in [6.07, 6.45) is 4.91. The summed E-state index contributed by atoms with van der Waals surface area (Å²) in [7, 11) is 0. The number of para-hydroxylation sites is 1. The minimum absolute atomic E-state index is 0.0113. The molecule has 2 atom stereocenters. The Labute approximate surface area is 336 Å². The molecule has 0 bridgehead atoms. The highest BCUT2D eigenvalue weighted by molar-refractivity contribution is 6.32. The average molecular weight is 734 g/mol. The van der Waals surface area contributed by atoms with Crippen LogP contribution in [-0.4, -0.2) is 5.54 Å². The molecule has 57 heavy (non-hydrogen) atoms. The van der Waals surface area contributed by atoms with Gasteiger partial charge in [-0.05, 0) is 157 Å². The van der Waals surface area contributed by atoms with E-state index in [-0.39, 0.29) is 11.0 Å². The van der Waals surface area contributed by atoms with E-state index in [1.165, 1.54) is 125 Å². The first-order chi connectivity index (χ1) is 27.9. The number of aryl methyl sites for hydroxylation is 1. The van der Waals surface area contributed by atoms with Crippen molar-refractivity contribution in [2.45, 2.75) is 64.3 Å². The predicted octanol–water partition coefficient (Wildman–Crippen LogP) is 15.6. The van der Waals surface area contributed by atoms with Crippen molar-refractivity contribution in [3.8, 4) is 44.5 Å². The molecule has 0 aromatic heterocycles. The SMILES string of the molecule is Cc1cc(-c2cc(-c3ccccc3)c3ccc4c(-c5ccccc5)cc(-c5ccccc5)c5ccc2c3c45)c(C)c2c1N(c1ccccc1)C1(C)CCCCC21C. The number of anilines is 2. The Balaban J connectivity index is 1.27. The fourth-order valence-electron chi connectivity index (χ4n) is 11.4. The first kappa shape index (κ1) is 34.1. The van der Waals surface area contributed by atoms with E-state index >= 15 is 0 Å². The zero-order valence-electron chi connectivity index (χ0n) is 33.4. The Morgan fingerprint density at radius 2 is 0.860 bits per heavy atom. The second-order valence-corrected chi connectivity index (χ2v) is 17.2. The van der Waals surface area contributed by atoms with E-state index in [0.717, 1.165) is 0 Å². The maximum absolute atomic E-state index is 2.74. The van der Waals surface area contributed by atoms with E-state index in [4.69, 9.17) is 0 Å². The van der Waals surface area contributed by atoms with Gasteiger partial charge in [0.2, 0.25) is 0 Å². The Morgan fingerprint density at radius 3 is 1.35 bits per heavy atom. The third-order valence-corrected chi connectivity index (χ3v) is 14.3. The summed E-state index contributed by atoms with van der Waals surface area (Å²) < 4.78 is 0. The lowest BCUT2D eigenvalue weighted by Gasteiger charge is -2.50. The van der Waals surface area contributed by atoms with E-state index in [2.05, 4.69) is 196 Å². The Kier molecular flexibility index (Phi) is 7.58. The second-order valence-electron chi connectivity index (χ2n) is 17.2. The Morgan fingerprint density at radius 1 is 0.439 bits per heavy atom. The summed E-state index contributed by atoms with van der Waals surface area (Å²) in [5.74, 6) is 0. The fourth-order valence-corrected chi connectivity index (χ4v) is 11.4. The molecule has 1 aliphatic carbocycles. The van der Waals surface area contributed by atoms with Crippen LogP contribution in [0.4, 0.5) is 11.4 Å². The molecule has 9 aromatic carbocycles. The highest BCUT2D eigenvalue weighted by Gasteiger charge is 2.58. The van der Waals surface area contributed by atoms with E-state index in [0.29, 0.717) is 0 Å². The summed E-state index contributed by atoms with van der Waals surface area (Å²) in [6, 6.07) is 61.3. The molecule has 1 aliphatic heterocycles. The van der Waals surface area contributed by atoms with Crippen molar-refractivity contribution in [2.75, 3.05) is 4.90 Å². The first-order valence-corrected chi connectivity index (χ1v) is 20.8. The summed E-state index contributed by atoms with van der Waals surface area (Å²) in [6.45, 7) is 9.94. The van der Waals surface area contributed by atoms with Gasteiger partial charge in [0.15, 0.2) is 0 Å². The standard InChI is InChI=1S/C56H47N/c1-36-33-46(37(2)53-54(36)57(41-25-15-8-16-26-41)56(4)32-18-17-31-55(53,56)3)50-35-49(40-23-13-7-14-24-40)44-28-27-42-47(38-19-9-5-10-20-38)34-48(39-21-11-6-12-22-39)43-29-30-45(50)52(44)51(42)43/h5-16,19-30,33-35H,17-18,31-32H2,1-4H3. The van der Waals surface area contributed by atoms with Gasteiger partial charge in [0.1, 0.15) is 0 Å². The number of benzene rings is 9. The van der Waals surface area contributed by atoms with Gasteiger partial charge in [-0.2, -0.15) is 0 Å². The van der Waals surface area contributed by atoms with Crippen molar-refractivity contribution >= 4 is 43.7 Å². The molecule has 1 saturated carbocycles. The van der Waals surface area contributed by atoms with Gasteiger partial charge < -0.3 is 4.90 Å². The molecular weight excluding hydrogens is 687 g/mol. The number of fused-ring (bicyclic) bond motifs is 3. The van der Waals surface area contributed by atoms with Crippen LogP contribution in [-0.2, 0) is 5.41 Å². The van der Waals surface area contributed by atoms with Gasteiger partial charge in [0.25, 0.3) is 0 Å². The molecule has 2 unspecified atom stereocenters. The molecule has 2 aliphatic rings. The largest absolute Gasteiger partial charge is 0.334 e. The topological polar surface area (TPSA) is 3.24 Å². The number of rotatable bonds is 5. The normalized spacial score (nSPS) is 19.1. The van der Waals surface area contributed by atoms with Crippen LogP contribution in [0.5, 0.6) is 0 Å². The lowest BCUT2D eigenvalue weighted by Crippen LogP contribution is -2.54. The van der Waals surface area contributed by atoms with E-state index in [9.17, 15) is 0 Å². The molecular formula is C56H47N. The van der Waals surface area contributed by atoms with Crippen molar-refractivity contribution in [3.63, 3.8) is 0 Å². The van der Waals surface area contributed by atoms with Gasteiger partial charge in [-0.3, -0.25) is 0 Å². The van der Waals surface area contributed by atoms with Gasteiger partial charge in [0, 0.05) is 16.8 Å². The maximum Gasteiger partial charge on any atom is 0.0518 e. The predicted molar refractivity (Wildman–Crippen MR) is 244 cm³/mol. The molecule has 9 aromatic rings. The third kappa shape index (κ3) is 4.82. The van der Waals surface area contributed by atoms with Crippen LogP contribution in [0.2, 0.25) is 0 Å². The molecule has 0 N–H and O–H groups in total. The average Bonchev–Trinajstić information content (AvgIpc) is 3.49. The summed E-state index contributed by atoms with van der Waals surface area (Å²) >= 11 is 0. The molecule has 1 nitrogen and oxygen atoms in total. The van der Waals surface area contributed by atoms with Crippen molar-refractivity contribution in [3.05, 3.63) is 180 Å². The summed E-state index contributed by atoms with van der Waals surface area (Å²) in [4.78, 5) is 2.74. The maximum atomic E-state index is 2.74. The van der Waals surface area contributed by atoms with Crippen molar-refractivity contribution in [1.82, 2.24) is 0 Å². The molecule has 1 heteroatoms. The minimum atomic E-state index is -0.0113. The van der Waals surface area contributed by atoms with Crippen molar-refractivity contribution < 1.29 is 0 Å². The van der Waals surface area contributed by atoms with E-state index in [1.807, 2.05) is 0 Å². The van der Waals surface area contributed by atoms with Gasteiger partial charge >= 0.3 is 0 Å². The molecule has 0 amide bonds. The Bertz CT molecular complexity index is 2920. The van der Waals surface area contributed by atoms with E-state index in [1.54, 1.807) is 5.56 Å². The highest BCUT2D eigenvalue weighted by Crippen LogP contribution is 2.63. The number of hydrogen-bond donors (Lipinski definition) is 0. The fraction of sp³-hybridized carbons (Fsp3) is 0.179. The van der Waals surface area contributed by atoms with Crippen LogP contribution in [0.25, 0.3) is 76.8 Å². The smallest absolute Gasteiger partial charge is 0.0518 e.